The van der Waals surface area contributed by atoms with Crippen molar-refractivity contribution in [2.45, 2.75) is 31.7 Å². The highest BCUT2D eigenvalue weighted by Gasteiger charge is 2.27. The van der Waals surface area contributed by atoms with Gasteiger partial charge in [0.1, 0.15) is 12.4 Å². The minimum absolute atomic E-state index is 0.0282. The topological polar surface area (TPSA) is 41.5 Å². The molecule has 108 valence electrons. The number of aliphatic hydroxyl groups excluding tert-OH is 1. The molecule has 0 bridgehead atoms. The Morgan fingerprint density at radius 2 is 1.95 bits per heavy atom. The fraction of sp³-hybridized carbons (Fsp3) is 0.571. The summed E-state index contributed by atoms with van der Waals surface area (Å²) in [4.78, 5) is 0. The predicted molar refractivity (Wildman–Crippen MR) is 70.8 cm³/mol. The Bertz CT molecular complexity index is 368. The highest BCUT2D eigenvalue weighted by molar-refractivity contribution is 5.27. The van der Waals surface area contributed by atoms with Gasteiger partial charge in [0.05, 0.1) is 13.7 Å². The van der Waals surface area contributed by atoms with Gasteiger partial charge in [-0.05, 0) is 37.5 Å². The van der Waals surface area contributed by atoms with Gasteiger partial charge in [-0.1, -0.05) is 12.1 Å². The summed E-state index contributed by atoms with van der Waals surface area (Å²) >= 11 is 0. The SMILES string of the molecule is COc1ccc(CCC(C)NCC(F)(F)CO)cc1. The molecule has 0 aromatic heterocycles. The first-order chi connectivity index (χ1) is 8.96. The first-order valence-corrected chi connectivity index (χ1v) is 6.32. The predicted octanol–water partition coefficient (Wildman–Crippen LogP) is 2.23. The van der Waals surface area contributed by atoms with E-state index in [-0.39, 0.29) is 6.04 Å². The molecule has 0 aliphatic heterocycles. The van der Waals surface area contributed by atoms with Crippen molar-refractivity contribution >= 4 is 0 Å². The maximum atomic E-state index is 12.8. The average molecular weight is 273 g/mol. The molecule has 0 spiro atoms. The van der Waals surface area contributed by atoms with Crippen molar-refractivity contribution < 1.29 is 18.6 Å². The van der Waals surface area contributed by atoms with E-state index in [4.69, 9.17) is 9.84 Å². The van der Waals surface area contributed by atoms with Gasteiger partial charge in [-0.25, -0.2) is 8.78 Å². The lowest BCUT2D eigenvalue weighted by atomic mass is 10.1. The van der Waals surface area contributed by atoms with Crippen molar-refractivity contribution in [2.24, 2.45) is 0 Å². The van der Waals surface area contributed by atoms with Gasteiger partial charge in [-0.15, -0.1) is 0 Å². The molecule has 0 fully saturated rings. The van der Waals surface area contributed by atoms with Gasteiger partial charge in [0.15, 0.2) is 0 Å². The van der Waals surface area contributed by atoms with E-state index < -0.39 is 19.1 Å². The van der Waals surface area contributed by atoms with Crippen molar-refractivity contribution in [3.63, 3.8) is 0 Å². The molecule has 0 amide bonds. The standard InChI is InChI=1S/C14H21F2NO2/c1-11(17-9-14(15,16)10-18)3-4-12-5-7-13(19-2)8-6-12/h5-8,11,17-18H,3-4,9-10H2,1-2H3. The molecule has 19 heavy (non-hydrogen) atoms. The number of hydrogen-bond donors (Lipinski definition) is 2. The molecule has 1 rings (SSSR count). The van der Waals surface area contributed by atoms with Gasteiger partial charge in [0.2, 0.25) is 0 Å². The molecule has 1 aromatic rings. The molecule has 1 atom stereocenters. The Hall–Kier alpha value is -1.20. The molecular formula is C14H21F2NO2. The number of alkyl halides is 2. The molecule has 5 heteroatoms. The van der Waals surface area contributed by atoms with E-state index >= 15 is 0 Å². The van der Waals surface area contributed by atoms with Crippen LogP contribution in [0.15, 0.2) is 24.3 Å². The minimum Gasteiger partial charge on any atom is -0.497 e. The fourth-order valence-electron chi connectivity index (χ4n) is 1.66. The second-order valence-electron chi connectivity index (χ2n) is 4.68. The molecule has 3 nitrogen and oxygen atoms in total. The molecule has 0 aliphatic carbocycles. The van der Waals surface area contributed by atoms with E-state index in [2.05, 4.69) is 5.32 Å². The molecule has 0 heterocycles. The quantitative estimate of drug-likeness (QED) is 0.763. The fourth-order valence-corrected chi connectivity index (χ4v) is 1.66. The molecule has 0 saturated heterocycles. The maximum absolute atomic E-state index is 12.8. The zero-order chi connectivity index (χ0) is 14.3. The number of nitrogens with one attached hydrogen (secondary N) is 1. The number of ether oxygens (including phenoxy) is 1. The van der Waals surface area contributed by atoms with Gasteiger partial charge < -0.3 is 15.2 Å². The summed E-state index contributed by atoms with van der Waals surface area (Å²) in [6.07, 6.45) is 1.57. The molecule has 2 N–H and O–H groups in total. The number of halogens is 2. The first kappa shape index (κ1) is 15.9. The second-order valence-corrected chi connectivity index (χ2v) is 4.68. The van der Waals surface area contributed by atoms with Crippen molar-refractivity contribution in [1.29, 1.82) is 0 Å². The van der Waals surface area contributed by atoms with E-state index in [0.29, 0.717) is 0 Å². The van der Waals surface area contributed by atoms with Crippen molar-refractivity contribution in [1.82, 2.24) is 5.32 Å². The normalized spacial score (nSPS) is 13.3. The summed E-state index contributed by atoms with van der Waals surface area (Å²) in [7, 11) is 1.61. The van der Waals surface area contributed by atoms with Crippen LogP contribution in [-0.2, 0) is 6.42 Å². The monoisotopic (exact) mass is 273 g/mol. The van der Waals surface area contributed by atoms with Crippen LogP contribution in [0.1, 0.15) is 18.9 Å². The Labute approximate surface area is 112 Å². The highest BCUT2D eigenvalue weighted by Crippen LogP contribution is 2.14. The highest BCUT2D eigenvalue weighted by atomic mass is 19.3. The number of hydrogen-bond acceptors (Lipinski definition) is 3. The van der Waals surface area contributed by atoms with Crippen LogP contribution >= 0.6 is 0 Å². The van der Waals surface area contributed by atoms with Crippen LogP contribution in [0, 0.1) is 0 Å². The van der Waals surface area contributed by atoms with Crippen LogP contribution in [0.4, 0.5) is 8.78 Å². The third-order valence-electron chi connectivity index (χ3n) is 2.97. The Morgan fingerprint density at radius 3 is 2.47 bits per heavy atom. The summed E-state index contributed by atoms with van der Waals surface area (Å²) in [6, 6.07) is 7.67. The number of methoxy groups -OCH3 is 1. The molecule has 0 saturated carbocycles. The van der Waals surface area contributed by atoms with Crippen molar-refractivity contribution in [2.75, 3.05) is 20.3 Å². The van der Waals surface area contributed by atoms with E-state index in [0.717, 1.165) is 24.2 Å². The van der Waals surface area contributed by atoms with Crippen molar-refractivity contribution in [3.05, 3.63) is 29.8 Å². The number of aryl methyl sites for hydroxylation is 1. The summed E-state index contributed by atoms with van der Waals surface area (Å²) < 4.78 is 30.7. The van der Waals surface area contributed by atoms with Crippen LogP contribution in [0.5, 0.6) is 5.75 Å². The molecule has 1 aromatic carbocycles. The molecule has 0 aliphatic rings. The van der Waals surface area contributed by atoms with Crippen LogP contribution in [0.3, 0.4) is 0 Å². The van der Waals surface area contributed by atoms with Crippen LogP contribution in [0.2, 0.25) is 0 Å². The summed E-state index contributed by atoms with van der Waals surface area (Å²) in [5.74, 6) is -2.24. The first-order valence-electron chi connectivity index (χ1n) is 6.32. The smallest absolute Gasteiger partial charge is 0.282 e. The Morgan fingerprint density at radius 1 is 1.32 bits per heavy atom. The molecular weight excluding hydrogens is 252 g/mol. The zero-order valence-corrected chi connectivity index (χ0v) is 11.3. The van der Waals surface area contributed by atoms with Gasteiger partial charge in [0, 0.05) is 6.04 Å². The van der Waals surface area contributed by atoms with Gasteiger partial charge in [-0.3, -0.25) is 0 Å². The number of rotatable bonds is 8. The molecule has 0 radical (unpaired) electrons. The van der Waals surface area contributed by atoms with Gasteiger partial charge in [-0.2, -0.15) is 0 Å². The van der Waals surface area contributed by atoms with Gasteiger partial charge in [0.25, 0.3) is 5.92 Å². The van der Waals surface area contributed by atoms with Gasteiger partial charge >= 0.3 is 0 Å². The zero-order valence-electron chi connectivity index (χ0n) is 11.3. The van der Waals surface area contributed by atoms with Crippen LogP contribution in [-0.4, -0.2) is 37.3 Å². The Kier molecular flexibility index (Phi) is 6.18. The largest absolute Gasteiger partial charge is 0.497 e. The lowest BCUT2D eigenvalue weighted by molar-refractivity contribution is -0.0491. The van der Waals surface area contributed by atoms with Crippen molar-refractivity contribution in [3.8, 4) is 5.75 Å². The summed E-state index contributed by atoms with van der Waals surface area (Å²) in [6.45, 7) is 0.245. The lowest BCUT2D eigenvalue weighted by Crippen LogP contribution is -2.40. The van der Waals surface area contributed by atoms with E-state index in [1.54, 1.807) is 7.11 Å². The van der Waals surface area contributed by atoms with E-state index in [1.807, 2.05) is 31.2 Å². The molecule has 1 unspecified atom stereocenters. The second kappa shape index (κ2) is 7.40. The third-order valence-corrected chi connectivity index (χ3v) is 2.97. The summed E-state index contributed by atoms with van der Waals surface area (Å²) in [5.41, 5.74) is 1.14. The number of aliphatic hydroxyl groups is 1. The lowest BCUT2D eigenvalue weighted by Gasteiger charge is -2.18. The van der Waals surface area contributed by atoms with E-state index in [9.17, 15) is 8.78 Å². The Balaban J connectivity index is 2.31. The number of benzene rings is 1. The van der Waals surface area contributed by atoms with E-state index in [1.165, 1.54) is 0 Å². The average Bonchev–Trinajstić information content (AvgIpc) is 2.43. The maximum Gasteiger partial charge on any atom is 0.282 e. The summed E-state index contributed by atoms with van der Waals surface area (Å²) in [5, 5.41) is 11.2. The van der Waals surface area contributed by atoms with Crippen LogP contribution in [0.25, 0.3) is 0 Å². The minimum atomic E-state index is -3.05. The van der Waals surface area contributed by atoms with Crippen LogP contribution < -0.4 is 10.1 Å². The third kappa shape index (κ3) is 5.98.